The standard InChI is InChI=1S/C8H15NO2/c1-6(9)4-7(10)2-3-8-5-11-8/h6,8H,2-5,9H2,1H3. The first-order valence-electron chi connectivity index (χ1n) is 4.07. The summed E-state index contributed by atoms with van der Waals surface area (Å²) in [6.07, 6.45) is 2.39. The van der Waals surface area contributed by atoms with Crippen LogP contribution in [0.25, 0.3) is 0 Å². The molecule has 0 aliphatic carbocycles. The third kappa shape index (κ3) is 4.11. The van der Waals surface area contributed by atoms with E-state index in [0.717, 1.165) is 13.0 Å². The number of carbonyl (C=O) groups excluding carboxylic acids is 1. The van der Waals surface area contributed by atoms with Gasteiger partial charge in [0.05, 0.1) is 12.7 Å². The summed E-state index contributed by atoms with van der Waals surface area (Å²) >= 11 is 0. The molecule has 0 aromatic carbocycles. The molecule has 3 heteroatoms. The first-order valence-corrected chi connectivity index (χ1v) is 4.07. The van der Waals surface area contributed by atoms with Gasteiger partial charge in [0.25, 0.3) is 0 Å². The molecule has 64 valence electrons. The van der Waals surface area contributed by atoms with Crippen LogP contribution in [0.4, 0.5) is 0 Å². The smallest absolute Gasteiger partial charge is 0.134 e. The second-order valence-electron chi connectivity index (χ2n) is 3.21. The Balaban J connectivity index is 2.00. The largest absolute Gasteiger partial charge is 0.373 e. The minimum absolute atomic E-state index is 0.00243. The molecule has 1 saturated heterocycles. The summed E-state index contributed by atoms with van der Waals surface area (Å²) in [5.41, 5.74) is 5.46. The lowest BCUT2D eigenvalue weighted by atomic mass is 10.1. The van der Waals surface area contributed by atoms with Gasteiger partial charge in [-0.25, -0.2) is 0 Å². The summed E-state index contributed by atoms with van der Waals surface area (Å²) in [7, 11) is 0. The predicted molar refractivity (Wildman–Crippen MR) is 42.2 cm³/mol. The zero-order valence-corrected chi connectivity index (χ0v) is 6.88. The molecule has 1 rings (SSSR count). The quantitative estimate of drug-likeness (QED) is 0.590. The molecule has 2 atom stereocenters. The zero-order valence-electron chi connectivity index (χ0n) is 6.88. The highest BCUT2D eigenvalue weighted by Crippen LogP contribution is 2.15. The van der Waals surface area contributed by atoms with Crippen molar-refractivity contribution < 1.29 is 9.53 Å². The molecular weight excluding hydrogens is 142 g/mol. The van der Waals surface area contributed by atoms with E-state index < -0.39 is 0 Å². The third-order valence-electron chi connectivity index (χ3n) is 1.70. The summed E-state index contributed by atoms with van der Waals surface area (Å²) in [6.45, 7) is 2.69. The Morgan fingerprint density at radius 3 is 2.91 bits per heavy atom. The molecule has 11 heavy (non-hydrogen) atoms. The Morgan fingerprint density at radius 2 is 2.45 bits per heavy atom. The van der Waals surface area contributed by atoms with Crippen LogP contribution in [0.5, 0.6) is 0 Å². The van der Waals surface area contributed by atoms with Crippen LogP contribution in [-0.4, -0.2) is 24.5 Å². The molecule has 1 fully saturated rings. The van der Waals surface area contributed by atoms with Crippen LogP contribution in [0.2, 0.25) is 0 Å². The highest BCUT2D eigenvalue weighted by Gasteiger charge is 2.22. The summed E-state index contributed by atoms with van der Waals surface area (Å²) in [4.78, 5) is 11.1. The summed E-state index contributed by atoms with van der Waals surface area (Å²) < 4.78 is 4.98. The first-order chi connectivity index (χ1) is 5.18. The summed E-state index contributed by atoms with van der Waals surface area (Å²) in [6, 6.07) is 0.00243. The van der Waals surface area contributed by atoms with E-state index in [1.807, 2.05) is 6.92 Å². The van der Waals surface area contributed by atoms with Crippen LogP contribution in [0.3, 0.4) is 0 Å². The topological polar surface area (TPSA) is 55.6 Å². The molecule has 1 heterocycles. The molecule has 3 nitrogen and oxygen atoms in total. The van der Waals surface area contributed by atoms with Crippen molar-refractivity contribution >= 4 is 5.78 Å². The maximum absolute atomic E-state index is 11.1. The average molecular weight is 157 g/mol. The SMILES string of the molecule is CC(N)CC(=O)CCC1CO1. The zero-order chi connectivity index (χ0) is 8.27. The highest BCUT2D eigenvalue weighted by atomic mass is 16.6. The van der Waals surface area contributed by atoms with Crippen molar-refractivity contribution in [3.05, 3.63) is 0 Å². The lowest BCUT2D eigenvalue weighted by Gasteiger charge is -2.01. The van der Waals surface area contributed by atoms with Gasteiger partial charge in [-0.1, -0.05) is 0 Å². The molecule has 0 bridgehead atoms. The van der Waals surface area contributed by atoms with Crippen molar-refractivity contribution in [2.24, 2.45) is 5.73 Å². The van der Waals surface area contributed by atoms with Crippen molar-refractivity contribution in [3.8, 4) is 0 Å². The van der Waals surface area contributed by atoms with Gasteiger partial charge in [0, 0.05) is 18.9 Å². The number of nitrogens with two attached hydrogens (primary N) is 1. The number of hydrogen-bond acceptors (Lipinski definition) is 3. The second-order valence-corrected chi connectivity index (χ2v) is 3.21. The lowest BCUT2D eigenvalue weighted by Crippen LogP contribution is -2.19. The van der Waals surface area contributed by atoms with Crippen molar-refractivity contribution in [3.63, 3.8) is 0 Å². The van der Waals surface area contributed by atoms with Gasteiger partial charge >= 0.3 is 0 Å². The van der Waals surface area contributed by atoms with Crippen molar-refractivity contribution in [2.45, 2.75) is 38.3 Å². The summed E-state index contributed by atoms with van der Waals surface area (Å²) in [5.74, 6) is 0.260. The Hall–Kier alpha value is -0.410. The molecule has 1 aliphatic rings. The van der Waals surface area contributed by atoms with Crippen molar-refractivity contribution in [2.75, 3.05) is 6.61 Å². The maximum atomic E-state index is 11.1. The lowest BCUT2D eigenvalue weighted by molar-refractivity contribution is -0.119. The Labute approximate surface area is 66.9 Å². The molecule has 0 aromatic rings. The second kappa shape index (κ2) is 3.83. The summed E-state index contributed by atoms with van der Waals surface area (Å²) in [5, 5.41) is 0. The fourth-order valence-corrected chi connectivity index (χ4v) is 1.02. The number of hydrogen-bond donors (Lipinski definition) is 1. The molecule has 0 aromatic heterocycles. The third-order valence-corrected chi connectivity index (χ3v) is 1.70. The fourth-order valence-electron chi connectivity index (χ4n) is 1.02. The minimum Gasteiger partial charge on any atom is -0.373 e. The van der Waals surface area contributed by atoms with Gasteiger partial charge in [0.15, 0.2) is 0 Å². The monoisotopic (exact) mass is 157 g/mol. The molecular formula is C8H15NO2. The molecule has 0 saturated carbocycles. The van der Waals surface area contributed by atoms with Crippen LogP contribution in [0.15, 0.2) is 0 Å². The molecule has 0 radical (unpaired) electrons. The number of Topliss-reactive ketones (excluding diaryl/α,β-unsaturated/α-hetero) is 1. The molecule has 2 N–H and O–H groups in total. The normalized spacial score (nSPS) is 24.7. The first kappa shape index (κ1) is 8.68. The number of carbonyl (C=O) groups is 1. The molecule has 0 spiro atoms. The number of rotatable bonds is 5. The molecule has 1 aliphatic heterocycles. The van der Waals surface area contributed by atoms with Crippen LogP contribution >= 0.6 is 0 Å². The Bertz CT molecular complexity index is 141. The number of ether oxygens (including phenoxy) is 1. The highest BCUT2D eigenvalue weighted by molar-refractivity contribution is 5.78. The van der Waals surface area contributed by atoms with E-state index in [0.29, 0.717) is 18.9 Å². The van der Waals surface area contributed by atoms with E-state index in [4.69, 9.17) is 10.5 Å². The van der Waals surface area contributed by atoms with Crippen LogP contribution in [0, 0.1) is 0 Å². The molecule has 2 unspecified atom stereocenters. The van der Waals surface area contributed by atoms with E-state index in [1.165, 1.54) is 0 Å². The van der Waals surface area contributed by atoms with E-state index in [9.17, 15) is 4.79 Å². The van der Waals surface area contributed by atoms with Crippen molar-refractivity contribution in [1.82, 2.24) is 0 Å². The number of ketones is 1. The maximum Gasteiger partial charge on any atom is 0.134 e. The van der Waals surface area contributed by atoms with Crippen LogP contribution < -0.4 is 5.73 Å². The van der Waals surface area contributed by atoms with Crippen LogP contribution in [-0.2, 0) is 9.53 Å². The van der Waals surface area contributed by atoms with Crippen LogP contribution in [0.1, 0.15) is 26.2 Å². The van der Waals surface area contributed by atoms with Gasteiger partial charge in [-0.15, -0.1) is 0 Å². The molecule has 0 amide bonds. The Morgan fingerprint density at radius 1 is 1.82 bits per heavy atom. The van der Waals surface area contributed by atoms with Gasteiger partial charge in [0.1, 0.15) is 5.78 Å². The van der Waals surface area contributed by atoms with Gasteiger partial charge < -0.3 is 10.5 Å². The van der Waals surface area contributed by atoms with E-state index in [1.54, 1.807) is 0 Å². The van der Waals surface area contributed by atoms with Gasteiger partial charge in [0.2, 0.25) is 0 Å². The Kier molecular flexibility index (Phi) is 3.02. The van der Waals surface area contributed by atoms with E-state index in [2.05, 4.69) is 0 Å². The van der Waals surface area contributed by atoms with Gasteiger partial charge in [-0.3, -0.25) is 4.79 Å². The van der Waals surface area contributed by atoms with Gasteiger partial charge in [-0.05, 0) is 13.3 Å². The fraction of sp³-hybridized carbons (Fsp3) is 0.875. The predicted octanol–water partition coefficient (Wildman–Crippen LogP) is 0.472. The van der Waals surface area contributed by atoms with Crippen molar-refractivity contribution in [1.29, 1.82) is 0 Å². The minimum atomic E-state index is 0.00243. The van der Waals surface area contributed by atoms with E-state index >= 15 is 0 Å². The van der Waals surface area contributed by atoms with Gasteiger partial charge in [-0.2, -0.15) is 0 Å². The average Bonchev–Trinajstić information content (AvgIpc) is 2.63. The number of epoxide rings is 1. The van der Waals surface area contributed by atoms with E-state index in [-0.39, 0.29) is 11.8 Å².